The van der Waals surface area contributed by atoms with Gasteiger partial charge in [0.15, 0.2) is 0 Å². The molecule has 0 heterocycles. The molecule has 1 aliphatic rings. The van der Waals surface area contributed by atoms with Gasteiger partial charge in [0.2, 0.25) is 0 Å². The number of nitrogens with zero attached hydrogens (tertiary/aromatic N) is 2. The second-order valence-corrected chi connectivity index (χ2v) is 3.72. The van der Waals surface area contributed by atoms with Gasteiger partial charge in [-0.15, -0.1) is 0 Å². The van der Waals surface area contributed by atoms with Gasteiger partial charge in [-0.3, -0.25) is 4.99 Å². The minimum absolute atomic E-state index is 0.255. The molecule has 0 aliphatic heterocycles. The number of nitriles is 1. The van der Waals surface area contributed by atoms with Gasteiger partial charge < -0.3 is 0 Å². The smallest absolute Gasteiger partial charge is 0.0659 e. The number of hydrogen-bond acceptors (Lipinski definition) is 2. The molecule has 1 aliphatic carbocycles. The number of hydrogen-bond donors (Lipinski definition) is 0. The number of aliphatic imine (C=N–C) groups is 1. The van der Waals surface area contributed by atoms with Crippen molar-refractivity contribution in [2.75, 3.05) is 6.54 Å². The van der Waals surface area contributed by atoms with Crippen LogP contribution in [0.2, 0.25) is 0 Å². The molecule has 0 spiro atoms. The van der Waals surface area contributed by atoms with Gasteiger partial charge in [-0.2, -0.15) is 5.26 Å². The zero-order valence-corrected chi connectivity index (χ0v) is 8.42. The summed E-state index contributed by atoms with van der Waals surface area (Å²) in [5.41, 5.74) is 1.28. The Labute approximate surface area is 80.7 Å². The van der Waals surface area contributed by atoms with Crippen LogP contribution in [-0.2, 0) is 0 Å². The van der Waals surface area contributed by atoms with Gasteiger partial charge in [0.05, 0.1) is 12.0 Å². The molecule has 0 bridgehead atoms. The van der Waals surface area contributed by atoms with E-state index in [0.717, 1.165) is 25.8 Å². The summed E-state index contributed by atoms with van der Waals surface area (Å²) in [6.07, 6.45) is 6.76. The standard InChI is InChI=1S/C11H18N2/c1-2-3-4-7-13-11-6-5-10(8-11)9-12/h10H,2-8H2,1H3/b13-11+. The molecular formula is C11H18N2. The Bertz CT molecular complexity index is 213. The van der Waals surface area contributed by atoms with Crippen LogP contribution in [0.4, 0.5) is 0 Å². The van der Waals surface area contributed by atoms with Crippen LogP contribution in [0.25, 0.3) is 0 Å². The summed E-state index contributed by atoms with van der Waals surface area (Å²) >= 11 is 0. The van der Waals surface area contributed by atoms with Crippen molar-refractivity contribution >= 4 is 5.71 Å². The molecule has 1 unspecified atom stereocenters. The van der Waals surface area contributed by atoms with E-state index in [1.54, 1.807) is 0 Å². The topological polar surface area (TPSA) is 36.1 Å². The predicted molar refractivity (Wildman–Crippen MR) is 54.8 cm³/mol. The highest BCUT2D eigenvalue weighted by Crippen LogP contribution is 2.22. The first-order valence-electron chi connectivity index (χ1n) is 5.28. The van der Waals surface area contributed by atoms with E-state index in [1.165, 1.54) is 25.0 Å². The van der Waals surface area contributed by atoms with Crippen molar-refractivity contribution in [2.24, 2.45) is 10.9 Å². The minimum Gasteiger partial charge on any atom is -0.294 e. The summed E-state index contributed by atoms with van der Waals surface area (Å²) in [5.74, 6) is 0.255. The quantitative estimate of drug-likeness (QED) is 0.610. The van der Waals surface area contributed by atoms with Crippen LogP contribution in [-0.4, -0.2) is 12.3 Å². The van der Waals surface area contributed by atoms with Gasteiger partial charge in [-0.1, -0.05) is 19.8 Å². The molecular weight excluding hydrogens is 160 g/mol. The van der Waals surface area contributed by atoms with Gasteiger partial charge in [0, 0.05) is 18.7 Å². The molecule has 1 rings (SSSR count). The molecule has 1 fully saturated rings. The number of rotatable bonds is 4. The van der Waals surface area contributed by atoms with E-state index in [1.807, 2.05) is 0 Å². The Morgan fingerprint density at radius 1 is 1.54 bits per heavy atom. The Balaban J connectivity index is 2.18. The maximum Gasteiger partial charge on any atom is 0.0659 e. The van der Waals surface area contributed by atoms with Crippen LogP contribution in [0.1, 0.15) is 45.4 Å². The maximum atomic E-state index is 8.69. The third-order valence-corrected chi connectivity index (χ3v) is 2.54. The highest BCUT2D eigenvalue weighted by Gasteiger charge is 2.19. The van der Waals surface area contributed by atoms with Gasteiger partial charge >= 0.3 is 0 Å². The maximum absolute atomic E-state index is 8.69. The van der Waals surface area contributed by atoms with Crippen LogP contribution in [0.5, 0.6) is 0 Å². The first-order valence-corrected chi connectivity index (χ1v) is 5.28. The van der Waals surface area contributed by atoms with E-state index in [-0.39, 0.29) is 5.92 Å². The average Bonchev–Trinajstić information content (AvgIpc) is 2.60. The molecule has 0 aromatic rings. The molecule has 0 aromatic heterocycles. The van der Waals surface area contributed by atoms with Gasteiger partial charge in [-0.25, -0.2) is 0 Å². The van der Waals surface area contributed by atoms with Crippen molar-refractivity contribution in [3.8, 4) is 6.07 Å². The summed E-state index contributed by atoms with van der Waals surface area (Å²) in [6.45, 7) is 3.18. The Morgan fingerprint density at radius 2 is 2.38 bits per heavy atom. The van der Waals surface area contributed by atoms with Crippen molar-refractivity contribution in [3.05, 3.63) is 0 Å². The first kappa shape index (κ1) is 10.2. The second-order valence-electron chi connectivity index (χ2n) is 3.72. The lowest BCUT2D eigenvalue weighted by atomic mass is 10.1. The van der Waals surface area contributed by atoms with E-state index in [2.05, 4.69) is 18.0 Å². The zero-order valence-electron chi connectivity index (χ0n) is 8.42. The van der Waals surface area contributed by atoms with E-state index < -0.39 is 0 Å². The van der Waals surface area contributed by atoms with Gasteiger partial charge in [-0.05, 0) is 19.3 Å². The summed E-state index contributed by atoms with van der Waals surface area (Å²) in [6, 6.07) is 2.31. The second kappa shape index (κ2) is 5.75. The first-order chi connectivity index (χ1) is 6.36. The fourth-order valence-corrected chi connectivity index (χ4v) is 1.68. The van der Waals surface area contributed by atoms with Crippen LogP contribution < -0.4 is 0 Å². The van der Waals surface area contributed by atoms with E-state index in [9.17, 15) is 0 Å². The fourth-order valence-electron chi connectivity index (χ4n) is 1.68. The van der Waals surface area contributed by atoms with Crippen molar-refractivity contribution in [3.63, 3.8) is 0 Å². The highest BCUT2D eigenvalue weighted by atomic mass is 14.7. The Hall–Kier alpha value is -0.840. The normalized spacial score (nSPS) is 24.9. The van der Waals surface area contributed by atoms with Crippen LogP contribution in [0, 0.1) is 17.2 Å². The molecule has 0 aromatic carbocycles. The highest BCUT2D eigenvalue weighted by molar-refractivity contribution is 5.86. The molecule has 0 radical (unpaired) electrons. The van der Waals surface area contributed by atoms with E-state index >= 15 is 0 Å². The summed E-state index contributed by atoms with van der Waals surface area (Å²) < 4.78 is 0. The number of unbranched alkanes of at least 4 members (excludes halogenated alkanes) is 2. The Kier molecular flexibility index (Phi) is 4.53. The average molecular weight is 178 g/mol. The summed E-state index contributed by atoms with van der Waals surface area (Å²) in [4.78, 5) is 4.52. The van der Waals surface area contributed by atoms with Gasteiger partial charge in [0.1, 0.15) is 0 Å². The largest absolute Gasteiger partial charge is 0.294 e. The summed E-state index contributed by atoms with van der Waals surface area (Å²) in [7, 11) is 0. The van der Waals surface area contributed by atoms with Crippen molar-refractivity contribution in [1.29, 1.82) is 5.26 Å². The lowest BCUT2D eigenvalue weighted by molar-refractivity contribution is 0.710. The molecule has 1 atom stereocenters. The molecule has 0 N–H and O–H groups in total. The van der Waals surface area contributed by atoms with Crippen molar-refractivity contribution < 1.29 is 0 Å². The zero-order chi connectivity index (χ0) is 9.52. The van der Waals surface area contributed by atoms with E-state index in [4.69, 9.17) is 5.26 Å². The van der Waals surface area contributed by atoms with Crippen molar-refractivity contribution in [1.82, 2.24) is 0 Å². The predicted octanol–water partition coefficient (Wildman–Crippen LogP) is 2.94. The van der Waals surface area contributed by atoms with Crippen LogP contribution in [0.15, 0.2) is 4.99 Å². The van der Waals surface area contributed by atoms with Crippen LogP contribution in [0.3, 0.4) is 0 Å². The molecule has 1 saturated carbocycles. The lowest BCUT2D eigenvalue weighted by Crippen LogP contribution is -1.94. The molecule has 72 valence electrons. The van der Waals surface area contributed by atoms with Crippen molar-refractivity contribution in [2.45, 2.75) is 45.4 Å². The Morgan fingerprint density at radius 3 is 3.00 bits per heavy atom. The monoisotopic (exact) mass is 178 g/mol. The molecule has 13 heavy (non-hydrogen) atoms. The van der Waals surface area contributed by atoms with Crippen LogP contribution >= 0.6 is 0 Å². The molecule has 0 saturated heterocycles. The third-order valence-electron chi connectivity index (χ3n) is 2.54. The van der Waals surface area contributed by atoms with E-state index in [0.29, 0.717) is 0 Å². The van der Waals surface area contributed by atoms with Gasteiger partial charge in [0.25, 0.3) is 0 Å². The molecule has 0 amide bonds. The summed E-state index contributed by atoms with van der Waals surface area (Å²) in [5, 5.41) is 8.69. The molecule has 2 heteroatoms. The minimum atomic E-state index is 0.255. The third kappa shape index (κ3) is 3.59. The lowest BCUT2D eigenvalue weighted by Gasteiger charge is -1.96. The molecule has 2 nitrogen and oxygen atoms in total. The fraction of sp³-hybridized carbons (Fsp3) is 0.818. The SMILES string of the molecule is CCCCC/N=C1\CCC(C#N)C1.